The van der Waals surface area contributed by atoms with Gasteiger partial charge in [-0.2, -0.15) is 8.42 Å². The predicted octanol–water partition coefficient (Wildman–Crippen LogP) is 0.894. The molecule has 23 heavy (non-hydrogen) atoms. The first-order valence-corrected chi connectivity index (χ1v) is 9.67. The van der Waals surface area contributed by atoms with Gasteiger partial charge in [-0.1, -0.05) is 15.8 Å². The number of benzene rings is 1. The van der Waals surface area contributed by atoms with Crippen LogP contribution in [0.15, 0.2) is 18.2 Å². The maximum atomic E-state index is 12.1. The van der Waals surface area contributed by atoms with Crippen molar-refractivity contribution in [1.82, 2.24) is 3.71 Å². The molecule has 0 aromatic heterocycles. The number of fused-ring (bicyclic) bond motifs is 1. The molecule has 0 saturated carbocycles. The van der Waals surface area contributed by atoms with Crippen LogP contribution in [0.3, 0.4) is 0 Å². The summed E-state index contributed by atoms with van der Waals surface area (Å²) >= 11 is 0. The van der Waals surface area contributed by atoms with Gasteiger partial charge in [0.1, 0.15) is 5.75 Å². The van der Waals surface area contributed by atoms with Gasteiger partial charge in [0.2, 0.25) is 16.3 Å². The summed E-state index contributed by atoms with van der Waals surface area (Å²) in [7, 11) is -6.75. The highest BCUT2D eigenvalue weighted by Gasteiger charge is 2.42. The van der Waals surface area contributed by atoms with Crippen LogP contribution in [0.25, 0.3) is 0 Å². The second-order valence-electron chi connectivity index (χ2n) is 5.85. The molecular formula is C13H19NO7S2. The maximum Gasteiger partial charge on any atom is 0.348 e. The molecule has 10 heteroatoms. The van der Waals surface area contributed by atoms with Gasteiger partial charge in [0.05, 0.1) is 11.2 Å². The fourth-order valence-electron chi connectivity index (χ4n) is 2.45. The number of ether oxygens (including phenoxy) is 2. The molecule has 1 aromatic rings. The monoisotopic (exact) mass is 365 g/mol. The van der Waals surface area contributed by atoms with Gasteiger partial charge in [0.15, 0.2) is 0 Å². The van der Waals surface area contributed by atoms with E-state index < -0.39 is 37.8 Å². The molecule has 0 bridgehead atoms. The minimum absolute atomic E-state index is 0.0488. The van der Waals surface area contributed by atoms with Crippen molar-refractivity contribution in [3.8, 4) is 5.75 Å². The van der Waals surface area contributed by atoms with E-state index in [9.17, 15) is 16.8 Å². The molecule has 0 spiro atoms. The Hall–Kier alpha value is -1.20. The summed E-state index contributed by atoms with van der Waals surface area (Å²) in [5.41, 5.74) is 0.665. The second kappa shape index (κ2) is 5.71. The van der Waals surface area contributed by atoms with Gasteiger partial charge in [0.25, 0.3) is 0 Å². The number of hydrogen-bond donors (Lipinski definition) is 1. The molecule has 0 amide bonds. The van der Waals surface area contributed by atoms with Crippen LogP contribution in [-0.2, 0) is 36.2 Å². The summed E-state index contributed by atoms with van der Waals surface area (Å²) in [6, 6.07) is 4.79. The lowest BCUT2D eigenvalue weighted by Gasteiger charge is -2.24. The summed E-state index contributed by atoms with van der Waals surface area (Å²) in [6.07, 6.45) is -0.496. The molecule has 1 aliphatic rings. The Morgan fingerprint density at radius 1 is 1.30 bits per heavy atom. The van der Waals surface area contributed by atoms with Crippen molar-refractivity contribution in [1.29, 1.82) is 0 Å². The van der Waals surface area contributed by atoms with Crippen LogP contribution in [0, 0.1) is 0 Å². The molecular weight excluding hydrogens is 346 g/mol. The van der Waals surface area contributed by atoms with E-state index in [1.165, 1.54) is 13.2 Å². The molecule has 1 aliphatic heterocycles. The highest BCUT2D eigenvalue weighted by molar-refractivity contribution is 8.01. The quantitative estimate of drug-likeness (QED) is 0.772. The number of sulfonamides is 1. The summed E-state index contributed by atoms with van der Waals surface area (Å²) in [4.78, 5) is 0. The molecule has 2 rings (SSSR count). The summed E-state index contributed by atoms with van der Waals surface area (Å²) < 4.78 is 65.9. The van der Waals surface area contributed by atoms with Crippen molar-refractivity contribution < 1.29 is 30.9 Å². The first kappa shape index (κ1) is 18.1. The summed E-state index contributed by atoms with van der Waals surface area (Å²) in [6.45, 7) is 3.80. The predicted molar refractivity (Wildman–Crippen MR) is 82.8 cm³/mol. The average Bonchev–Trinajstić information content (AvgIpc) is 2.67. The van der Waals surface area contributed by atoms with Crippen molar-refractivity contribution in [3.05, 3.63) is 29.3 Å². The molecule has 0 fully saturated rings. The number of hydrogen-bond acceptors (Lipinski definition) is 6. The zero-order valence-corrected chi connectivity index (χ0v) is 14.8. The van der Waals surface area contributed by atoms with Gasteiger partial charge >= 0.3 is 10.3 Å². The molecule has 130 valence electrons. The second-order valence-corrected chi connectivity index (χ2v) is 9.53. The van der Waals surface area contributed by atoms with Crippen LogP contribution in [0.4, 0.5) is 0 Å². The third kappa shape index (κ3) is 3.36. The molecule has 1 aromatic carbocycles. The molecule has 0 saturated heterocycles. The van der Waals surface area contributed by atoms with Crippen molar-refractivity contribution in [2.75, 3.05) is 14.2 Å². The molecule has 8 nitrogen and oxygen atoms in total. The van der Waals surface area contributed by atoms with E-state index in [0.717, 1.165) is 12.6 Å². The number of nitrogens with zero attached hydrogens (tertiary/aromatic N) is 1. The Bertz CT molecular complexity index is 815. The fraction of sp³-hybridized carbons (Fsp3) is 0.538. The summed E-state index contributed by atoms with van der Waals surface area (Å²) in [5, 5.41) is 0. The Kier molecular flexibility index (Phi) is 4.50. The topological polar surface area (TPSA) is 110 Å². The standard InChI is InChI=1S/C13H19NO7S2/c1-13(2)10-7-9(5-6-11(10)21-12(13)20-4)8-22(15,16)14(3)23(17,18)19/h5-7,12H,8H2,1-4H3,(H,17,18,19). The fourth-order valence-corrected chi connectivity index (χ4v) is 4.54. The van der Waals surface area contributed by atoms with E-state index in [-0.39, 0.29) is 3.71 Å². The molecule has 1 heterocycles. The van der Waals surface area contributed by atoms with Crippen LogP contribution in [0.1, 0.15) is 25.0 Å². The average molecular weight is 365 g/mol. The highest BCUT2D eigenvalue weighted by Crippen LogP contribution is 2.43. The van der Waals surface area contributed by atoms with Gasteiger partial charge < -0.3 is 9.47 Å². The highest BCUT2D eigenvalue weighted by atomic mass is 32.3. The van der Waals surface area contributed by atoms with E-state index in [0.29, 0.717) is 11.3 Å². The van der Waals surface area contributed by atoms with Crippen LogP contribution >= 0.6 is 0 Å². The maximum absolute atomic E-state index is 12.1. The van der Waals surface area contributed by atoms with E-state index in [1.54, 1.807) is 12.1 Å². The van der Waals surface area contributed by atoms with E-state index in [1.807, 2.05) is 13.8 Å². The first-order chi connectivity index (χ1) is 10.4. The van der Waals surface area contributed by atoms with Crippen LogP contribution in [-0.4, -0.2) is 45.5 Å². The van der Waals surface area contributed by atoms with Crippen LogP contribution in [0.2, 0.25) is 0 Å². The van der Waals surface area contributed by atoms with Gasteiger partial charge in [-0.25, -0.2) is 8.42 Å². The SMILES string of the molecule is COC1Oc2ccc(CS(=O)(=O)N(C)S(=O)(=O)O)cc2C1(C)C. The lowest BCUT2D eigenvalue weighted by atomic mass is 9.85. The van der Waals surface area contributed by atoms with Crippen molar-refractivity contribution >= 4 is 20.3 Å². The van der Waals surface area contributed by atoms with E-state index in [4.69, 9.17) is 14.0 Å². The minimum Gasteiger partial charge on any atom is -0.464 e. The number of methoxy groups -OCH3 is 1. The summed E-state index contributed by atoms with van der Waals surface area (Å²) in [5.74, 6) is 0.0238. The zero-order valence-electron chi connectivity index (χ0n) is 13.2. The normalized spacial score (nSPS) is 20.3. The van der Waals surface area contributed by atoms with E-state index in [2.05, 4.69) is 0 Å². The molecule has 0 radical (unpaired) electrons. The van der Waals surface area contributed by atoms with Crippen LogP contribution in [0.5, 0.6) is 5.75 Å². The lowest BCUT2D eigenvalue weighted by Crippen LogP contribution is -2.34. The Balaban J connectivity index is 2.36. The number of rotatable bonds is 5. The Morgan fingerprint density at radius 3 is 2.43 bits per heavy atom. The molecule has 0 aliphatic carbocycles. The third-order valence-corrected chi connectivity index (χ3v) is 7.22. The molecule has 1 N–H and O–H groups in total. The first-order valence-electron chi connectivity index (χ1n) is 6.66. The van der Waals surface area contributed by atoms with Gasteiger partial charge in [-0.3, -0.25) is 4.55 Å². The zero-order chi connectivity index (χ0) is 17.6. The van der Waals surface area contributed by atoms with Crippen molar-refractivity contribution in [2.45, 2.75) is 31.3 Å². The third-order valence-electron chi connectivity index (χ3n) is 3.84. The van der Waals surface area contributed by atoms with E-state index >= 15 is 0 Å². The minimum atomic E-state index is -4.83. The molecule has 1 atom stereocenters. The largest absolute Gasteiger partial charge is 0.464 e. The van der Waals surface area contributed by atoms with Gasteiger partial charge in [0, 0.05) is 19.7 Å². The van der Waals surface area contributed by atoms with Gasteiger partial charge in [-0.05, 0) is 25.5 Å². The van der Waals surface area contributed by atoms with Crippen molar-refractivity contribution in [3.63, 3.8) is 0 Å². The lowest BCUT2D eigenvalue weighted by molar-refractivity contribution is -0.0779. The molecule has 1 unspecified atom stereocenters. The van der Waals surface area contributed by atoms with Crippen molar-refractivity contribution in [2.24, 2.45) is 0 Å². The smallest absolute Gasteiger partial charge is 0.348 e. The van der Waals surface area contributed by atoms with Crippen LogP contribution < -0.4 is 4.74 Å². The van der Waals surface area contributed by atoms with Gasteiger partial charge in [-0.15, -0.1) is 0 Å². The Morgan fingerprint density at radius 2 is 1.91 bits per heavy atom. The Labute approximate surface area is 135 Å².